The van der Waals surface area contributed by atoms with Crippen molar-refractivity contribution in [3.63, 3.8) is 0 Å². The van der Waals surface area contributed by atoms with Crippen LogP contribution in [0.4, 0.5) is 0 Å². The van der Waals surface area contributed by atoms with Gasteiger partial charge in [-0.1, -0.05) is 127 Å². The van der Waals surface area contributed by atoms with Crippen molar-refractivity contribution in [3.8, 4) is 11.4 Å². The van der Waals surface area contributed by atoms with E-state index in [1.807, 2.05) is 24.3 Å². The molecule has 178 valence electrons. The van der Waals surface area contributed by atoms with E-state index in [0.717, 1.165) is 39.1 Å². The SMILES string of the molecule is Cc1ccc(-c2nc(C(OB(c3ccccc3)c3ccccc3)c3ccccc3)c3ccccn23)cc1. The molecule has 0 aliphatic carbocycles. The summed E-state index contributed by atoms with van der Waals surface area (Å²) in [6.45, 7) is 1.85. The average Bonchev–Trinajstić information content (AvgIpc) is 3.35. The summed E-state index contributed by atoms with van der Waals surface area (Å²) in [5, 5.41) is 0. The van der Waals surface area contributed by atoms with Crippen molar-refractivity contribution < 1.29 is 4.65 Å². The maximum absolute atomic E-state index is 7.10. The van der Waals surface area contributed by atoms with Crippen molar-refractivity contribution in [1.29, 1.82) is 0 Å². The second-order valence-electron chi connectivity index (χ2n) is 9.27. The monoisotopic (exact) mass is 478 g/mol. The second kappa shape index (κ2) is 10.3. The second-order valence-corrected chi connectivity index (χ2v) is 9.27. The van der Waals surface area contributed by atoms with Crippen molar-refractivity contribution in [2.75, 3.05) is 0 Å². The third-order valence-electron chi connectivity index (χ3n) is 6.71. The molecule has 2 heterocycles. The number of hydrogen-bond donors (Lipinski definition) is 0. The first-order chi connectivity index (χ1) is 18.3. The topological polar surface area (TPSA) is 26.5 Å². The predicted octanol–water partition coefficient (Wildman–Crippen LogP) is 6.22. The zero-order valence-electron chi connectivity index (χ0n) is 20.7. The minimum absolute atomic E-state index is 0.254. The number of aromatic nitrogens is 2. The molecular weight excluding hydrogens is 451 g/mol. The number of pyridine rings is 1. The standard InChI is InChI=1S/C33H27BN2O/c1-25-20-22-27(23-21-25)33-35-31(30-19-11-12-24-36(30)33)32(26-13-5-2-6-14-26)37-34(28-15-7-3-8-16-28)29-17-9-4-10-18-29/h2-24,32H,1H3. The van der Waals surface area contributed by atoms with Crippen LogP contribution in [0.25, 0.3) is 16.9 Å². The minimum atomic E-state index is -0.372. The molecule has 0 fully saturated rings. The average molecular weight is 478 g/mol. The molecule has 0 saturated heterocycles. The molecule has 0 aliphatic rings. The van der Waals surface area contributed by atoms with Crippen molar-refractivity contribution in [1.82, 2.24) is 9.38 Å². The van der Waals surface area contributed by atoms with Crippen molar-refractivity contribution in [2.24, 2.45) is 0 Å². The number of rotatable bonds is 7. The summed E-state index contributed by atoms with van der Waals surface area (Å²) in [4.78, 5) is 5.24. The molecule has 0 bridgehead atoms. The Hall–Kier alpha value is -4.41. The highest BCUT2D eigenvalue weighted by atomic mass is 16.4. The van der Waals surface area contributed by atoms with Crippen molar-refractivity contribution >= 4 is 23.4 Å². The fourth-order valence-corrected chi connectivity index (χ4v) is 4.83. The maximum atomic E-state index is 7.10. The van der Waals surface area contributed by atoms with Gasteiger partial charge in [0, 0.05) is 11.8 Å². The Balaban J connectivity index is 1.53. The molecule has 6 aromatic rings. The Bertz CT molecular complexity index is 1560. The zero-order chi connectivity index (χ0) is 25.0. The van der Waals surface area contributed by atoms with Gasteiger partial charge in [-0.05, 0) is 35.5 Å². The van der Waals surface area contributed by atoms with E-state index in [-0.39, 0.29) is 13.0 Å². The van der Waals surface area contributed by atoms with Gasteiger partial charge >= 0.3 is 6.92 Å². The summed E-state index contributed by atoms with van der Waals surface area (Å²) in [6, 6.07) is 46.0. The summed E-state index contributed by atoms with van der Waals surface area (Å²) in [7, 11) is 0. The van der Waals surface area contributed by atoms with Gasteiger partial charge in [-0.25, -0.2) is 4.98 Å². The summed E-state index contributed by atoms with van der Waals surface area (Å²) < 4.78 is 9.26. The highest BCUT2D eigenvalue weighted by molar-refractivity contribution is 6.80. The molecule has 1 atom stereocenters. The van der Waals surface area contributed by atoms with Crippen LogP contribution in [-0.4, -0.2) is 16.3 Å². The molecule has 3 nitrogen and oxygen atoms in total. The quantitative estimate of drug-likeness (QED) is 0.255. The first kappa shape index (κ1) is 23.0. The molecule has 6 rings (SSSR count). The van der Waals surface area contributed by atoms with Crippen LogP contribution in [0.1, 0.15) is 22.9 Å². The summed E-state index contributed by atoms with van der Waals surface area (Å²) in [5.74, 6) is 0.908. The maximum Gasteiger partial charge on any atom is 0.362 e. The van der Waals surface area contributed by atoms with Gasteiger partial charge in [0.05, 0.1) is 11.2 Å². The van der Waals surface area contributed by atoms with Gasteiger partial charge in [-0.15, -0.1) is 0 Å². The van der Waals surface area contributed by atoms with Crippen LogP contribution in [0, 0.1) is 6.92 Å². The van der Waals surface area contributed by atoms with Gasteiger partial charge in [0.15, 0.2) is 0 Å². The van der Waals surface area contributed by atoms with Crippen LogP contribution in [0.2, 0.25) is 0 Å². The van der Waals surface area contributed by atoms with E-state index in [9.17, 15) is 0 Å². The Morgan fingerprint density at radius 2 is 1.22 bits per heavy atom. The lowest BCUT2D eigenvalue weighted by Crippen LogP contribution is -2.45. The van der Waals surface area contributed by atoms with Crippen molar-refractivity contribution in [3.05, 3.63) is 156 Å². The van der Waals surface area contributed by atoms with E-state index in [1.165, 1.54) is 5.56 Å². The Morgan fingerprint density at radius 1 is 0.649 bits per heavy atom. The van der Waals surface area contributed by atoms with E-state index < -0.39 is 0 Å². The molecule has 0 N–H and O–H groups in total. The molecule has 37 heavy (non-hydrogen) atoms. The highest BCUT2D eigenvalue weighted by Crippen LogP contribution is 2.33. The number of imidazole rings is 1. The predicted molar refractivity (Wildman–Crippen MR) is 153 cm³/mol. The van der Waals surface area contributed by atoms with E-state index in [1.54, 1.807) is 0 Å². The van der Waals surface area contributed by atoms with Crippen LogP contribution in [-0.2, 0) is 4.65 Å². The lowest BCUT2D eigenvalue weighted by Gasteiger charge is -2.23. The van der Waals surface area contributed by atoms with Crippen LogP contribution in [0.3, 0.4) is 0 Å². The van der Waals surface area contributed by atoms with Crippen LogP contribution < -0.4 is 10.9 Å². The number of nitrogens with zero attached hydrogens (tertiary/aromatic N) is 2. The van der Waals surface area contributed by atoms with E-state index in [2.05, 4.69) is 127 Å². The number of benzene rings is 4. The number of aryl methyl sites for hydroxylation is 1. The normalized spacial score (nSPS) is 11.9. The third-order valence-corrected chi connectivity index (χ3v) is 6.71. The minimum Gasteiger partial charge on any atom is -0.414 e. The van der Waals surface area contributed by atoms with Gasteiger partial charge < -0.3 is 4.65 Å². The zero-order valence-corrected chi connectivity index (χ0v) is 20.7. The van der Waals surface area contributed by atoms with E-state index in [0.29, 0.717) is 0 Å². The highest BCUT2D eigenvalue weighted by Gasteiger charge is 2.30. The molecule has 0 amide bonds. The molecule has 0 aliphatic heterocycles. The molecular formula is C33H27BN2O. The van der Waals surface area contributed by atoms with E-state index in [4.69, 9.17) is 9.64 Å². The van der Waals surface area contributed by atoms with Crippen molar-refractivity contribution in [2.45, 2.75) is 13.0 Å². The first-order valence-electron chi connectivity index (χ1n) is 12.6. The molecule has 2 aromatic heterocycles. The lowest BCUT2D eigenvalue weighted by atomic mass is 9.55. The van der Waals surface area contributed by atoms with Gasteiger partial charge in [-0.2, -0.15) is 0 Å². The molecule has 0 radical (unpaired) electrons. The van der Waals surface area contributed by atoms with Crippen LogP contribution in [0.5, 0.6) is 0 Å². The van der Waals surface area contributed by atoms with Crippen LogP contribution in [0.15, 0.2) is 140 Å². The first-order valence-corrected chi connectivity index (χ1v) is 12.6. The summed E-state index contributed by atoms with van der Waals surface area (Å²) in [6.07, 6.45) is 1.71. The van der Waals surface area contributed by atoms with Gasteiger partial charge in [0.1, 0.15) is 11.9 Å². The third kappa shape index (κ3) is 4.72. The molecule has 0 saturated carbocycles. The Labute approximate surface area is 218 Å². The van der Waals surface area contributed by atoms with Crippen LogP contribution >= 0.6 is 0 Å². The summed E-state index contributed by atoms with van der Waals surface area (Å²) >= 11 is 0. The fourth-order valence-electron chi connectivity index (χ4n) is 4.83. The Morgan fingerprint density at radius 3 is 1.84 bits per heavy atom. The van der Waals surface area contributed by atoms with Gasteiger partial charge in [-0.3, -0.25) is 4.40 Å². The lowest BCUT2D eigenvalue weighted by molar-refractivity contribution is 0.255. The number of fused-ring (bicyclic) bond motifs is 1. The van der Waals surface area contributed by atoms with E-state index >= 15 is 0 Å². The molecule has 0 spiro atoms. The summed E-state index contributed by atoms with van der Waals surface area (Å²) in [5.41, 5.74) is 7.52. The largest absolute Gasteiger partial charge is 0.414 e. The number of hydrogen-bond acceptors (Lipinski definition) is 2. The fraction of sp³-hybridized carbons (Fsp3) is 0.0606. The van der Waals surface area contributed by atoms with Gasteiger partial charge in [0.2, 0.25) is 0 Å². The smallest absolute Gasteiger partial charge is 0.362 e. The molecule has 4 heteroatoms. The molecule has 1 unspecified atom stereocenters. The molecule has 4 aromatic carbocycles. The van der Waals surface area contributed by atoms with Gasteiger partial charge in [0.25, 0.3) is 0 Å². The Kier molecular flexibility index (Phi) is 6.41.